The van der Waals surface area contributed by atoms with Crippen molar-refractivity contribution in [2.24, 2.45) is 5.92 Å². The molecule has 37 heavy (non-hydrogen) atoms. The Balaban J connectivity index is 2.39. The number of benzene rings is 1. The lowest BCUT2D eigenvalue weighted by molar-refractivity contribution is -0.142. The van der Waals surface area contributed by atoms with Crippen molar-refractivity contribution in [2.75, 3.05) is 19.0 Å². The Morgan fingerprint density at radius 1 is 1.08 bits per heavy atom. The van der Waals surface area contributed by atoms with Crippen LogP contribution in [0.3, 0.4) is 0 Å². The first-order chi connectivity index (χ1) is 16.9. The van der Waals surface area contributed by atoms with Crippen LogP contribution in [-0.2, 0) is 25.1 Å². The molecule has 1 aromatic carbocycles. The molecule has 0 radical (unpaired) electrons. The average Bonchev–Trinajstić information content (AvgIpc) is 3.16. The first-order valence-corrected chi connectivity index (χ1v) is 15.9. The molecule has 8 nitrogen and oxygen atoms in total. The molecule has 0 aliphatic rings. The summed E-state index contributed by atoms with van der Waals surface area (Å²) in [6.45, 7) is 20.8. The van der Waals surface area contributed by atoms with Crippen LogP contribution in [0.15, 0.2) is 24.4 Å². The van der Waals surface area contributed by atoms with Crippen LogP contribution in [0, 0.1) is 5.92 Å². The monoisotopic (exact) mass is 533 g/mol. The molecule has 0 unspecified atom stereocenters. The summed E-state index contributed by atoms with van der Waals surface area (Å²) in [6.07, 6.45) is 2.01. The van der Waals surface area contributed by atoms with Crippen molar-refractivity contribution in [2.45, 2.75) is 97.6 Å². The van der Waals surface area contributed by atoms with Gasteiger partial charge >= 0.3 is 12.1 Å². The second kappa shape index (κ2) is 11.9. The van der Waals surface area contributed by atoms with E-state index in [9.17, 15) is 9.59 Å². The number of aromatic amines is 1. The van der Waals surface area contributed by atoms with Gasteiger partial charge in [-0.15, -0.1) is 0 Å². The van der Waals surface area contributed by atoms with Crippen molar-refractivity contribution in [3.8, 4) is 0 Å². The van der Waals surface area contributed by atoms with Crippen LogP contribution >= 0.6 is 0 Å². The number of esters is 1. The third kappa shape index (κ3) is 8.50. The fourth-order valence-corrected chi connectivity index (χ4v) is 4.80. The summed E-state index contributed by atoms with van der Waals surface area (Å²) < 4.78 is 17.1. The Hall–Kier alpha value is -2.52. The summed E-state index contributed by atoms with van der Waals surface area (Å²) >= 11 is 0. The molecule has 0 fully saturated rings. The second-order valence-electron chi connectivity index (χ2n) is 12.5. The molecule has 2 atom stereocenters. The standard InChI is InChI=1S/C28H47N3O5Si/c1-18(2)24(25(32)34-9)31-22-14-12-13-21-23(22)19(16-29-21)15-20(30-26(33)36-27(3,4)5)17-35-37(10,11)28(6,7)8/h12-14,16,18,20,24,29,31H,15,17H2,1-11H3,(H,30,33)/t20-,24-/m0/s1. The van der Waals surface area contributed by atoms with E-state index in [1.54, 1.807) is 0 Å². The fraction of sp³-hybridized carbons (Fsp3) is 0.643. The van der Waals surface area contributed by atoms with Crippen LogP contribution in [-0.4, -0.2) is 56.8 Å². The second-order valence-corrected chi connectivity index (χ2v) is 17.4. The number of H-pyrrole nitrogens is 1. The van der Waals surface area contributed by atoms with Gasteiger partial charge in [-0.2, -0.15) is 0 Å². The maximum absolute atomic E-state index is 12.7. The molecule has 0 bridgehead atoms. The number of hydrogen-bond acceptors (Lipinski definition) is 6. The molecule has 0 aliphatic heterocycles. The van der Waals surface area contributed by atoms with Gasteiger partial charge in [0.15, 0.2) is 8.32 Å². The number of carbonyl (C=O) groups excluding carboxylic acids is 2. The zero-order valence-corrected chi connectivity index (χ0v) is 25.5. The predicted octanol–water partition coefficient (Wildman–Crippen LogP) is 6.24. The zero-order valence-electron chi connectivity index (χ0n) is 24.5. The van der Waals surface area contributed by atoms with Crippen LogP contribution in [0.5, 0.6) is 0 Å². The highest BCUT2D eigenvalue weighted by molar-refractivity contribution is 6.74. The van der Waals surface area contributed by atoms with Crippen molar-refractivity contribution in [3.05, 3.63) is 30.0 Å². The first-order valence-electron chi connectivity index (χ1n) is 13.0. The molecule has 1 amide bonds. The van der Waals surface area contributed by atoms with E-state index < -0.39 is 26.1 Å². The van der Waals surface area contributed by atoms with Gasteiger partial charge < -0.3 is 29.5 Å². The maximum atomic E-state index is 12.7. The van der Waals surface area contributed by atoms with Crippen molar-refractivity contribution in [3.63, 3.8) is 0 Å². The van der Waals surface area contributed by atoms with Gasteiger partial charge in [0.2, 0.25) is 0 Å². The molecule has 9 heteroatoms. The molecule has 1 heterocycles. The smallest absolute Gasteiger partial charge is 0.407 e. The number of carbonyl (C=O) groups is 2. The number of rotatable bonds is 10. The van der Waals surface area contributed by atoms with Crippen LogP contribution in [0.25, 0.3) is 10.9 Å². The van der Waals surface area contributed by atoms with Gasteiger partial charge in [-0.05, 0) is 68.9 Å². The SMILES string of the molecule is COC(=O)[C@@H](Nc1cccc2[nH]cc(C[C@@H](CO[Si](C)(C)C(C)(C)C)NC(=O)OC(C)(C)C)c12)C(C)C. The van der Waals surface area contributed by atoms with Crippen LogP contribution in [0.4, 0.5) is 10.5 Å². The Morgan fingerprint density at radius 3 is 2.27 bits per heavy atom. The lowest BCUT2D eigenvalue weighted by Gasteiger charge is -2.37. The topological polar surface area (TPSA) is 102 Å². The summed E-state index contributed by atoms with van der Waals surface area (Å²) in [5, 5.41) is 7.44. The molecule has 0 saturated heterocycles. The van der Waals surface area contributed by atoms with Gasteiger partial charge in [-0.25, -0.2) is 9.59 Å². The number of hydrogen-bond donors (Lipinski definition) is 3. The molecule has 3 N–H and O–H groups in total. The normalized spacial score (nSPS) is 14.4. The fourth-order valence-electron chi connectivity index (χ4n) is 3.75. The van der Waals surface area contributed by atoms with E-state index in [1.165, 1.54) is 7.11 Å². The van der Waals surface area contributed by atoms with E-state index in [2.05, 4.69) is 49.5 Å². The van der Waals surface area contributed by atoms with E-state index >= 15 is 0 Å². The number of amides is 1. The third-order valence-corrected chi connectivity index (χ3v) is 11.4. The van der Waals surface area contributed by atoms with E-state index in [1.807, 2.05) is 59.0 Å². The van der Waals surface area contributed by atoms with Gasteiger partial charge in [0.05, 0.1) is 19.8 Å². The predicted molar refractivity (Wildman–Crippen MR) is 153 cm³/mol. The van der Waals surface area contributed by atoms with Crippen LogP contribution < -0.4 is 10.6 Å². The van der Waals surface area contributed by atoms with E-state index in [4.69, 9.17) is 13.9 Å². The molecule has 0 saturated carbocycles. The number of methoxy groups -OCH3 is 1. The minimum atomic E-state index is -2.05. The number of ether oxygens (including phenoxy) is 2. The zero-order chi connectivity index (χ0) is 28.2. The molecule has 0 aliphatic carbocycles. The van der Waals surface area contributed by atoms with Gasteiger partial charge in [-0.1, -0.05) is 40.7 Å². The number of nitrogens with one attached hydrogen (secondary N) is 3. The molecule has 0 spiro atoms. The molecule has 208 valence electrons. The lowest BCUT2D eigenvalue weighted by Crippen LogP contribution is -2.48. The number of aromatic nitrogens is 1. The summed E-state index contributed by atoms with van der Waals surface area (Å²) in [4.78, 5) is 28.5. The highest BCUT2D eigenvalue weighted by Crippen LogP contribution is 2.37. The summed E-state index contributed by atoms with van der Waals surface area (Å²) in [6, 6.07) is 5.10. The van der Waals surface area contributed by atoms with Gasteiger partial charge in [0, 0.05) is 22.8 Å². The minimum absolute atomic E-state index is 0.0321. The van der Waals surface area contributed by atoms with E-state index in [-0.39, 0.29) is 23.0 Å². The van der Waals surface area contributed by atoms with Gasteiger partial charge in [0.1, 0.15) is 11.6 Å². The molecule has 2 rings (SSSR count). The quantitative estimate of drug-likeness (QED) is 0.247. The molecular weight excluding hydrogens is 486 g/mol. The Morgan fingerprint density at radius 2 is 1.73 bits per heavy atom. The van der Waals surface area contributed by atoms with Crippen molar-refractivity contribution in [1.82, 2.24) is 10.3 Å². The van der Waals surface area contributed by atoms with E-state index in [0.717, 1.165) is 22.2 Å². The number of anilines is 1. The minimum Gasteiger partial charge on any atom is -0.467 e. The number of fused-ring (bicyclic) bond motifs is 1. The van der Waals surface area contributed by atoms with Crippen LogP contribution in [0.2, 0.25) is 18.1 Å². The van der Waals surface area contributed by atoms with Crippen molar-refractivity contribution in [1.29, 1.82) is 0 Å². The average molecular weight is 534 g/mol. The third-order valence-electron chi connectivity index (χ3n) is 6.86. The Labute approximate surface area is 223 Å². The Kier molecular flexibility index (Phi) is 9.87. The lowest BCUT2D eigenvalue weighted by atomic mass is 10.0. The summed E-state index contributed by atoms with van der Waals surface area (Å²) in [5.74, 6) is -0.277. The summed E-state index contributed by atoms with van der Waals surface area (Å²) in [7, 11) is -0.646. The van der Waals surface area contributed by atoms with Gasteiger partial charge in [-0.3, -0.25) is 0 Å². The molecular formula is C28H47N3O5Si. The van der Waals surface area contributed by atoms with Gasteiger partial charge in [0.25, 0.3) is 0 Å². The maximum Gasteiger partial charge on any atom is 0.407 e. The van der Waals surface area contributed by atoms with Crippen molar-refractivity contribution >= 4 is 37.0 Å². The first kappa shape index (κ1) is 30.7. The largest absolute Gasteiger partial charge is 0.467 e. The van der Waals surface area contributed by atoms with Crippen molar-refractivity contribution < 1.29 is 23.5 Å². The Bertz CT molecular complexity index is 1070. The number of alkyl carbamates (subject to hydrolysis) is 1. The van der Waals surface area contributed by atoms with E-state index in [0.29, 0.717) is 13.0 Å². The van der Waals surface area contributed by atoms with Crippen LogP contribution in [0.1, 0.15) is 61.0 Å². The molecule has 2 aromatic rings. The molecule has 1 aromatic heterocycles. The summed E-state index contributed by atoms with van der Waals surface area (Å²) in [5.41, 5.74) is 2.17. The highest BCUT2D eigenvalue weighted by Gasteiger charge is 2.38. The highest BCUT2D eigenvalue weighted by atomic mass is 28.4.